The van der Waals surface area contributed by atoms with Crippen LogP contribution in [0.1, 0.15) is 39.2 Å². The van der Waals surface area contributed by atoms with Gasteiger partial charge in [0.05, 0.1) is 22.1 Å². The number of pyridine rings is 1. The van der Waals surface area contributed by atoms with Gasteiger partial charge in [-0.2, -0.15) is 5.10 Å². The summed E-state index contributed by atoms with van der Waals surface area (Å²) >= 11 is 4.57. The van der Waals surface area contributed by atoms with Gasteiger partial charge in [0.15, 0.2) is 0 Å². The van der Waals surface area contributed by atoms with E-state index >= 15 is 0 Å². The van der Waals surface area contributed by atoms with Crippen LogP contribution < -0.4 is 10.6 Å². The maximum Gasteiger partial charge on any atom is 0.280 e. The van der Waals surface area contributed by atoms with E-state index < -0.39 is 12.6 Å². The number of thiophene rings is 1. The topological polar surface area (TPSA) is 71.8 Å². The van der Waals surface area contributed by atoms with Crippen LogP contribution >= 0.6 is 27.3 Å². The Morgan fingerprint density at radius 3 is 2.61 bits per heavy atom. The number of rotatable bonds is 3. The smallest absolute Gasteiger partial charge is 0.280 e. The third-order valence-corrected chi connectivity index (χ3v) is 6.94. The van der Waals surface area contributed by atoms with Crippen LogP contribution in [0.5, 0.6) is 0 Å². The van der Waals surface area contributed by atoms with Gasteiger partial charge in [-0.3, -0.25) is 9.48 Å². The SMILES string of the molecule is Cc1ccc(-c2cc(C(F)F)nc3sc4c(c23)NC(c2c(Br)cnn2C)NC4=O)cc1. The largest absolute Gasteiger partial charge is 0.358 e. The number of hydrogen-bond acceptors (Lipinski definition) is 5. The molecular weight excluding hydrogens is 488 g/mol. The normalized spacial score (nSPS) is 15.8. The molecule has 0 spiro atoms. The Labute approximate surface area is 188 Å². The molecule has 1 aliphatic rings. The van der Waals surface area contributed by atoms with Gasteiger partial charge in [-0.05, 0) is 40.0 Å². The summed E-state index contributed by atoms with van der Waals surface area (Å²) in [5, 5.41) is 11.2. The van der Waals surface area contributed by atoms with Gasteiger partial charge in [0.2, 0.25) is 0 Å². The van der Waals surface area contributed by atoms with E-state index in [2.05, 4.69) is 36.6 Å². The summed E-state index contributed by atoms with van der Waals surface area (Å²) in [5.74, 6) is -0.289. The van der Waals surface area contributed by atoms with Crippen molar-refractivity contribution in [2.45, 2.75) is 19.5 Å². The number of nitrogens with zero attached hydrogens (tertiary/aromatic N) is 3. The van der Waals surface area contributed by atoms with Crippen molar-refractivity contribution in [3.63, 3.8) is 0 Å². The zero-order valence-corrected chi connectivity index (χ0v) is 18.8. The average molecular weight is 504 g/mol. The van der Waals surface area contributed by atoms with Crippen LogP contribution in [0.3, 0.4) is 0 Å². The fraction of sp³-hybridized carbons (Fsp3) is 0.190. The van der Waals surface area contributed by atoms with E-state index in [1.807, 2.05) is 31.2 Å². The Bertz CT molecular complexity index is 1310. The third kappa shape index (κ3) is 3.30. The van der Waals surface area contributed by atoms with Crippen molar-refractivity contribution in [2.75, 3.05) is 5.32 Å². The summed E-state index contributed by atoms with van der Waals surface area (Å²) in [7, 11) is 1.78. The lowest BCUT2D eigenvalue weighted by molar-refractivity contribution is 0.0938. The predicted molar refractivity (Wildman–Crippen MR) is 119 cm³/mol. The van der Waals surface area contributed by atoms with Gasteiger partial charge in [0.1, 0.15) is 21.6 Å². The number of halogens is 3. The molecule has 0 bridgehead atoms. The molecule has 6 nitrogen and oxygen atoms in total. The molecule has 3 aromatic heterocycles. The van der Waals surface area contributed by atoms with Crippen molar-refractivity contribution in [1.29, 1.82) is 0 Å². The van der Waals surface area contributed by atoms with Gasteiger partial charge in [-0.25, -0.2) is 13.8 Å². The van der Waals surface area contributed by atoms with Gasteiger partial charge in [0.25, 0.3) is 12.3 Å². The maximum atomic E-state index is 13.6. The monoisotopic (exact) mass is 503 g/mol. The van der Waals surface area contributed by atoms with E-state index in [-0.39, 0.29) is 11.6 Å². The second-order valence-electron chi connectivity index (χ2n) is 7.30. The number of hydrogen-bond donors (Lipinski definition) is 2. The highest BCUT2D eigenvalue weighted by atomic mass is 79.9. The first-order chi connectivity index (χ1) is 14.8. The number of amides is 1. The van der Waals surface area contributed by atoms with Crippen molar-refractivity contribution < 1.29 is 13.6 Å². The highest BCUT2D eigenvalue weighted by Gasteiger charge is 2.33. The first-order valence-corrected chi connectivity index (χ1v) is 11.0. The molecule has 0 aliphatic carbocycles. The fourth-order valence-corrected chi connectivity index (χ4v) is 5.40. The molecule has 1 aromatic carbocycles. The highest BCUT2D eigenvalue weighted by molar-refractivity contribution is 9.10. The Morgan fingerprint density at radius 1 is 1.23 bits per heavy atom. The molecule has 1 unspecified atom stereocenters. The van der Waals surface area contributed by atoms with Gasteiger partial charge in [-0.15, -0.1) is 11.3 Å². The Morgan fingerprint density at radius 2 is 1.97 bits per heavy atom. The number of alkyl halides is 2. The van der Waals surface area contributed by atoms with E-state index in [0.717, 1.165) is 32.6 Å². The molecule has 5 rings (SSSR count). The molecule has 0 fully saturated rings. The predicted octanol–water partition coefficient (Wildman–Crippen LogP) is 5.56. The molecule has 10 heteroatoms. The van der Waals surface area contributed by atoms with Gasteiger partial charge >= 0.3 is 0 Å². The highest BCUT2D eigenvalue weighted by Crippen LogP contribution is 2.45. The number of benzene rings is 1. The van der Waals surface area contributed by atoms with E-state index in [9.17, 15) is 13.6 Å². The van der Waals surface area contributed by atoms with Crippen molar-refractivity contribution in [2.24, 2.45) is 7.05 Å². The molecule has 1 atom stereocenters. The Kier molecular flexibility index (Phi) is 4.78. The Hall–Kier alpha value is -2.85. The lowest BCUT2D eigenvalue weighted by Gasteiger charge is -2.27. The summed E-state index contributed by atoms with van der Waals surface area (Å²) in [4.78, 5) is 17.9. The summed E-state index contributed by atoms with van der Waals surface area (Å²) in [5.41, 5.74) is 3.48. The lowest BCUT2D eigenvalue weighted by atomic mass is 9.99. The van der Waals surface area contributed by atoms with Gasteiger partial charge < -0.3 is 10.6 Å². The number of carbonyl (C=O) groups is 1. The van der Waals surface area contributed by atoms with Crippen LogP contribution in [0.25, 0.3) is 21.3 Å². The molecular formula is C21H16BrF2N5OS. The number of anilines is 1. The van der Waals surface area contributed by atoms with E-state index in [4.69, 9.17) is 0 Å². The molecule has 2 N–H and O–H groups in total. The minimum Gasteiger partial charge on any atom is -0.358 e. The van der Waals surface area contributed by atoms with E-state index in [1.54, 1.807) is 17.9 Å². The summed E-state index contributed by atoms with van der Waals surface area (Å²) in [6.07, 6.45) is -1.61. The van der Waals surface area contributed by atoms with Crippen molar-refractivity contribution >= 4 is 49.1 Å². The van der Waals surface area contributed by atoms with Crippen molar-refractivity contribution in [1.82, 2.24) is 20.1 Å². The van der Waals surface area contributed by atoms with Crippen LogP contribution in [-0.2, 0) is 7.05 Å². The van der Waals surface area contributed by atoms with E-state index in [1.165, 1.54) is 6.07 Å². The average Bonchev–Trinajstić information content (AvgIpc) is 3.27. The number of carbonyl (C=O) groups excluding carboxylic acids is 1. The first-order valence-electron chi connectivity index (χ1n) is 9.41. The molecule has 0 saturated carbocycles. The Balaban J connectivity index is 1.74. The second-order valence-corrected chi connectivity index (χ2v) is 9.15. The lowest BCUT2D eigenvalue weighted by Crippen LogP contribution is -2.38. The third-order valence-electron chi connectivity index (χ3n) is 5.25. The summed E-state index contributed by atoms with van der Waals surface area (Å²) in [6.45, 7) is 1.96. The van der Waals surface area contributed by atoms with Crippen LogP contribution in [0, 0.1) is 6.92 Å². The molecule has 31 heavy (non-hydrogen) atoms. The van der Waals surface area contributed by atoms with Crippen molar-refractivity contribution in [3.8, 4) is 11.1 Å². The standard InChI is InChI=1S/C21H16BrF2N5OS/c1-9-3-5-10(6-4-9)11-7-13(18(23)24)26-21-14(11)15-17(31-21)20(30)28-19(27-15)16-12(22)8-25-29(16)2/h3-8,18-19,27H,1-2H3,(H,28,30). The van der Waals surface area contributed by atoms with Gasteiger partial charge in [0, 0.05) is 12.4 Å². The number of nitrogens with one attached hydrogen (secondary N) is 2. The zero-order chi connectivity index (χ0) is 21.9. The van der Waals surface area contributed by atoms with Crippen LogP contribution in [-0.4, -0.2) is 20.7 Å². The molecule has 1 amide bonds. The first kappa shape index (κ1) is 20.1. The number of fused-ring (bicyclic) bond motifs is 3. The summed E-state index contributed by atoms with van der Waals surface area (Å²) in [6, 6.07) is 9.05. The second kappa shape index (κ2) is 7.38. The quantitative estimate of drug-likeness (QED) is 0.383. The molecule has 4 heterocycles. The number of aryl methyl sites for hydroxylation is 2. The molecule has 0 radical (unpaired) electrons. The van der Waals surface area contributed by atoms with Gasteiger partial charge in [-0.1, -0.05) is 29.8 Å². The molecule has 158 valence electrons. The maximum absolute atomic E-state index is 13.6. The number of aromatic nitrogens is 3. The van der Waals surface area contributed by atoms with Crippen LogP contribution in [0.15, 0.2) is 41.0 Å². The summed E-state index contributed by atoms with van der Waals surface area (Å²) < 4.78 is 29.6. The van der Waals surface area contributed by atoms with E-state index in [0.29, 0.717) is 26.3 Å². The minimum atomic E-state index is -2.72. The minimum absolute atomic E-state index is 0.289. The van der Waals surface area contributed by atoms with Crippen molar-refractivity contribution in [3.05, 3.63) is 62.8 Å². The molecule has 1 aliphatic heterocycles. The molecule has 4 aromatic rings. The van der Waals surface area contributed by atoms with Crippen LogP contribution in [0.4, 0.5) is 14.5 Å². The fourth-order valence-electron chi connectivity index (χ4n) is 3.75. The van der Waals surface area contributed by atoms with Crippen LogP contribution in [0.2, 0.25) is 0 Å². The molecule has 0 saturated heterocycles. The zero-order valence-electron chi connectivity index (χ0n) is 16.4.